The van der Waals surface area contributed by atoms with Crippen LogP contribution in [0.5, 0.6) is 0 Å². The smallest absolute Gasteiger partial charge is 0.329 e. The van der Waals surface area contributed by atoms with Gasteiger partial charge < -0.3 is 14.7 Å². The van der Waals surface area contributed by atoms with Crippen LogP contribution in [-0.2, 0) is 19.1 Å². The Hall–Kier alpha value is -1.67. The second kappa shape index (κ2) is 9.32. The molecule has 0 aliphatic carbocycles. The standard InChI is InChI=1S/C18H32N2O6/c1-11(2)8-9-12(14(21)15(22)19-25)16(23)20-10-6-7-13(20)17(24)26-18(3,4)5/h11-14,21,25H,6-10H2,1-5H3,(H,19,22)/t12-,13+,14+/m1/s1. The Labute approximate surface area is 154 Å². The summed E-state index contributed by atoms with van der Waals surface area (Å²) in [7, 11) is 0. The van der Waals surface area contributed by atoms with Crippen molar-refractivity contribution in [3.8, 4) is 0 Å². The van der Waals surface area contributed by atoms with E-state index in [-0.39, 0.29) is 12.3 Å². The molecular weight excluding hydrogens is 340 g/mol. The van der Waals surface area contributed by atoms with E-state index in [0.29, 0.717) is 25.8 Å². The predicted octanol–water partition coefficient (Wildman–Crippen LogP) is 1.24. The monoisotopic (exact) mass is 372 g/mol. The number of hydrogen-bond donors (Lipinski definition) is 3. The molecule has 1 heterocycles. The number of carbonyl (C=O) groups is 3. The van der Waals surface area contributed by atoms with Crippen LogP contribution in [0.4, 0.5) is 0 Å². The molecule has 1 aliphatic heterocycles. The third-order valence-corrected chi connectivity index (χ3v) is 4.35. The summed E-state index contributed by atoms with van der Waals surface area (Å²) in [6, 6.07) is -0.715. The van der Waals surface area contributed by atoms with Crippen molar-refractivity contribution in [2.75, 3.05) is 6.54 Å². The minimum absolute atomic E-state index is 0.273. The minimum Gasteiger partial charge on any atom is -0.458 e. The highest BCUT2D eigenvalue weighted by molar-refractivity contribution is 5.91. The summed E-state index contributed by atoms with van der Waals surface area (Å²) >= 11 is 0. The Bertz CT molecular complexity index is 514. The molecule has 0 radical (unpaired) electrons. The summed E-state index contributed by atoms with van der Waals surface area (Å²) in [6.07, 6.45) is 0.361. The summed E-state index contributed by atoms with van der Waals surface area (Å²) in [4.78, 5) is 38.5. The Morgan fingerprint density at radius 2 is 1.85 bits per heavy atom. The lowest BCUT2D eigenvalue weighted by Gasteiger charge is -2.31. The topological polar surface area (TPSA) is 116 Å². The van der Waals surface area contributed by atoms with Crippen molar-refractivity contribution in [1.29, 1.82) is 0 Å². The van der Waals surface area contributed by atoms with Crippen LogP contribution in [0.3, 0.4) is 0 Å². The van der Waals surface area contributed by atoms with Gasteiger partial charge in [0, 0.05) is 6.54 Å². The summed E-state index contributed by atoms with van der Waals surface area (Å²) < 4.78 is 5.39. The SMILES string of the molecule is CC(C)CC[C@@H](C(=O)N1CCC[C@H]1C(=O)OC(C)(C)C)[C@H](O)C(=O)NO. The second-order valence-electron chi connectivity index (χ2n) is 8.22. The van der Waals surface area contributed by atoms with Crippen LogP contribution in [0, 0.1) is 11.8 Å². The van der Waals surface area contributed by atoms with Crippen LogP contribution < -0.4 is 5.48 Å². The average molecular weight is 372 g/mol. The maximum Gasteiger partial charge on any atom is 0.329 e. The Kier molecular flexibility index (Phi) is 8.02. The maximum absolute atomic E-state index is 13.0. The van der Waals surface area contributed by atoms with E-state index in [0.717, 1.165) is 0 Å². The lowest BCUT2D eigenvalue weighted by Crippen LogP contribution is -2.50. The number of aliphatic hydroxyl groups excluding tert-OH is 1. The molecule has 0 aromatic rings. The van der Waals surface area contributed by atoms with Gasteiger partial charge in [0.15, 0.2) is 0 Å². The average Bonchev–Trinajstić information content (AvgIpc) is 3.01. The van der Waals surface area contributed by atoms with Crippen molar-refractivity contribution in [2.24, 2.45) is 11.8 Å². The van der Waals surface area contributed by atoms with Crippen LogP contribution in [0.15, 0.2) is 0 Å². The van der Waals surface area contributed by atoms with Gasteiger partial charge in [-0.3, -0.25) is 14.8 Å². The Morgan fingerprint density at radius 3 is 2.35 bits per heavy atom. The molecule has 0 spiro atoms. The normalized spacial score (nSPS) is 20.0. The first-order chi connectivity index (χ1) is 12.0. The molecule has 150 valence electrons. The Balaban J connectivity index is 2.96. The lowest BCUT2D eigenvalue weighted by atomic mass is 9.91. The van der Waals surface area contributed by atoms with Crippen LogP contribution in [0.2, 0.25) is 0 Å². The first-order valence-corrected chi connectivity index (χ1v) is 9.13. The van der Waals surface area contributed by atoms with Crippen molar-refractivity contribution < 1.29 is 29.4 Å². The van der Waals surface area contributed by atoms with E-state index in [1.54, 1.807) is 20.8 Å². The van der Waals surface area contributed by atoms with Crippen LogP contribution in [0.1, 0.15) is 60.3 Å². The van der Waals surface area contributed by atoms with Crippen molar-refractivity contribution >= 4 is 17.8 Å². The highest BCUT2D eigenvalue weighted by Gasteiger charge is 2.42. The molecule has 3 N–H and O–H groups in total. The molecule has 0 aromatic heterocycles. The molecule has 2 amide bonds. The summed E-state index contributed by atoms with van der Waals surface area (Å²) in [5.41, 5.74) is 0.727. The Morgan fingerprint density at radius 1 is 1.23 bits per heavy atom. The number of amides is 2. The molecule has 0 unspecified atom stereocenters. The van der Waals surface area contributed by atoms with Gasteiger partial charge in [0.25, 0.3) is 5.91 Å². The molecular formula is C18H32N2O6. The molecule has 0 aromatic carbocycles. The number of esters is 1. The number of nitrogens with zero attached hydrogens (tertiary/aromatic N) is 1. The summed E-state index contributed by atoms with van der Waals surface area (Å²) in [6.45, 7) is 9.58. The molecule has 26 heavy (non-hydrogen) atoms. The second-order valence-corrected chi connectivity index (χ2v) is 8.22. The summed E-state index contributed by atoms with van der Waals surface area (Å²) in [5.74, 6) is -2.72. The van der Waals surface area contributed by atoms with E-state index in [1.807, 2.05) is 13.8 Å². The van der Waals surface area contributed by atoms with E-state index < -0.39 is 41.4 Å². The number of aliphatic hydroxyl groups is 1. The van der Waals surface area contributed by atoms with Crippen LogP contribution in [-0.4, -0.2) is 57.3 Å². The maximum atomic E-state index is 13.0. The number of hydroxylamine groups is 1. The molecule has 3 atom stereocenters. The first kappa shape index (κ1) is 22.4. The number of hydrogen-bond acceptors (Lipinski definition) is 6. The van der Waals surface area contributed by atoms with Crippen molar-refractivity contribution in [3.63, 3.8) is 0 Å². The minimum atomic E-state index is -1.67. The zero-order valence-corrected chi connectivity index (χ0v) is 16.3. The van der Waals surface area contributed by atoms with Gasteiger partial charge in [-0.25, -0.2) is 10.3 Å². The fourth-order valence-electron chi connectivity index (χ4n) is 3.04. The highest BCUT2D eigenvalue weighted by Crippen LogP contribution is 2.26. The fraction of sp³-hybridized carbons (Fsp3) is 0.833. The van der Waals surface area contributed by atoms with E-state index in [1.165, 1.54) is 10.4 Å². The zero-order chi connectivity index (χ0) is 20.1. The molecule has 1 saturated heterocycles. The number of nitrogens with one attached hydrogen (secondary N) is 1. The van der Waals surface area contributed by atoms with E-state index in [4.69, 9.17) is 9.94 Å². The first-order valence-electron chi connectivity index (χ1n) is 9.13. The number of rotatable bonds is 7. The third kappa shape index (κ3) is 6.25. The summed E-state index contributed by atoms with van der Waals surface area (Å²) in [5, 5.41) is 19.0. The molecule has 1 rings (SSSR count). The zero-order valence-electron chi connectivity index (χ0n) is 16.3. The van der Waals surface area contributed by atoms with Gasteiger partial charge in [0.05, 0.1) is 5.92 Å². The van der Waals surface area contributed by atoms with E-state index in [9.17, 15) is 19.5 Å². The molecule has 1 aliphatic rings. The van der Waals surface area contributed by atoms with Crippen LogP contribution >= 0.6 is 0 Å². The van der Waals surface area contributed by atoms with Gasteiger partial charge in [-0.1, -0.05) is 20.3 Å². The van der Waals surface area contributed by atoms with E-state index in [2.05, 4.69) is 0 Å². The van der Waals surface area contributed by atoms with Crippen LogP contribution in [0.25, 0.3) is 0 Å². The fourth-order valence-corrected chi connectivity index (χ4v) is 3.04. The van der Waals surface area contributed by atoms with Gasteiger partial charge in [0.2, 0.25) is 5.91 Å². The third-order valence-electron chi connectivity index (χ3n) is 4.35. The highest BCUT2D eigenvalue weighted by atomic mass is 16.6. The quantitative estimate of drug-likeness (QED) is 0.352. The van der Waals surface area contributed by atoms with Gasteiger partial charge in [-0.05, 0) is 46.0 Å². The van der Waals surface area contributed by atoms with Crippen molar-refractivity contribution in [1.82, 2.24) is 10.4 Å². The van der Waals surface area contributed by atoms with Gasteiger partial charge in [-0.15, -0.1) is 0 Å². The number of likely N-dealkylation sites (tertiary alicyclic amines) is 1. The van der Waals surface area contributed by atoms with Gasteiger partial charge in [0.1, 0.15) is 17.7 Å². The number of ether oxygens (including phenoxy) is 1. The molecule has 1 fully saturated rings. The molecule has 0 saturated carbocycles. The molecule has 0 bridgehead atoms. The van der Waals surface area contributed by atoms with E-state index >= 15 is 0 Å². The predicted molar refractivity (Wildman–Crippen MR) is 94.1 cm³/mol. The largest absolute Gasteiger partial charge is 0.458 e. The molecule has 8 heteroatoms. The lowest BCUT2D eigenvalue weighted by molar-refractivity contribution is -0.165. The van der Waals surface area contributed by atoms with Crippen molar-refractivity contribution in [2.45, 2.75) is 78.0 Å². The number of carbonyl (C=O) groups excluding carboxylic acids is 3. The van der Waals surface area contributed by atoms with Crippen molar-refractivity contribution in [3.05, 3.63) is 0 Å². The molecule has 8 nitrogen and oxygen atoms in total. The van der Waals surface area contributed by atoms with Gasteiger partial charge >= 0.3 is 5.97 Å². The van der Waals surface area contributed by atoms with Gasteiger partial charge in [-0.2, -0.15) is 0 Å².